The minimum absolute atomic E-state index is 0.0122. The van der Waals surface area contributed by atoms with Gasteiger partial charge in [0.25, 0.3) is 11.2 Å². The number of aryl methyl sites for hydroxylation is 1. The Morgan fingerprint density at radius 3 is 2.82 bits per heavy atom. The van der Waals surface area contributed by atoms with E-state index >= 15 is 0 Å². The van der Waals surface area contributed by atoms with Crippen molar-refractivity contribution in [3.8, 4) is 0 Å². The molecule has 1 heterocycles. The van der Waals surface area contributed by atoms with Gasteiger partial charge in [-0.2, -0.15) is 0 Å². The number of fused-ring (bicyclic) bond motifs is 1. The maximum Gasteiger partial charge on any atom is 0.269 e. The average molecular weight is 380 g/mol. The fourth-order valence-electron chi connectivity index (χ4n) is 2.98. The molecule has 0 fully saturated rings. The number of non-ortho nitro benzene ring substituents is 1. The molecule has 8 heteroatoms. The van der Waals surface area contributed by atoms with Crippen LogP contribution in [0.15, 0.2) is 59.7 Å². The zero-order valence-corrected chi connectivity index (χ0v) is 15.4. The Morgan fingerprint density at radius 2 is 2.04 bits per heavy atom. The minimum Gasteiger partial charge on any atom is -0.350 e. The highest BCUT2D eigenvalue weighted by Crippen LogP contribution is 2.19. The summed E-state index contributed by atoms with van der Waals surface area (Å²) in [5, 5.41) is 14.2. The largest absolute Gasteiger partial charge is 0.350 e. The Hall–Kier alpha value is -3.55. The summed E-state index contributed by atoms with van der Waals surface area (Å²) in [6, 6.07) is 13.0. The maximum atomic E-state index is 12.4. The van der Waals surface area contributed by atoms with E-state index in [-0.39, 0.29) is 29.6 Å². The third-order valence-electron chi connectivity index (χ3n) is 4.49. The van der Waals surface area contributed by atoms with E-state index in [0.717, 1.165) is 0 Å². The van der Waals surface area contributed by atoms with Gasteiger partial charge in [0.05, 0.1) is 28.2 Å². The van der Waals surface area contributed by atoms with E-state index in [2.05, 4.69) is 10.3 Å². The van der Waals surface area contributed by atoms with E-state index in [9.17, 15) is 19.7 Å². The van der Waals surface area contributed by atoms with Gasteiger partial charge in [-0.25, -0.2) is 4.98 Å². The van der Waals surface area contributed by atoms with Gasteiger partial charge in [-0.05, 0) is 31.0 Å². The van der Waals surface area contributed by atoms with E-state index in [1.54, 1.807) is 37.3 Å². The van der Waals surface area contributed by atoms with Gasteiger partial charge >= 0.3 is 0 Å². The molecule has 1 N–H and O–H groups in total. The van der Waals surface area contributed by atoms with Crippen LogP contribution in [0.3, 0.4) is 0 Å². The van der Waals surface area contributed by atoms with Gasteiger partial charge in [-0.1, -0.05) is 24.3 Å². The molecule has 8 nitrogen and oxygen atoms in total. The standard InChI is InChI=1S/C20H20N4O4/c1-14(15-6-4-7-16(12-15)24(27)28)22-19(25)10-5-11-23-13-21-18-9-3-2-8-17(18)20(23)26/h2-4,6-9,12-14H,5,10-11H2,1H3,(H,22,25)/t14-/m0/s1. The zero-order valence-electron chi connectivity index (χ0n) is 15.4. The highest BCUT2D eigenvalue weighted by Gasteiger charge is 2.13. The summed E-state index contributed by atoms with van der Waals surface area (Å²) in [5.74, 6) is -0.180. The second-order valence-electron chi connectivity index (χ2n) is 6.51. The highest BCUT2D eigenvalue weighted by molar-refractivity contribution is 5.77. The molecule has 144 valence electrons. The topological polar surface area (TPSA) is 107 Å². The van der Waals surface area contributed by atoms with Crippen molar-refractivity contribution in [2.24, 2.45) is 0 Å². The number of hydrogen-bond acceptors (Lipinski definition) is 5. The molecule has 0 bridgehead atoms. The third kappa shape index (κ3) is 4.40. The number of benzene rings is 2. The lowest BCUT2D eigenvalue weighted by molar-refractivity contribution is -0.384. The summed E-state index contributed by atoms with van der Waals surface area (Å²) >= 11 is 0. The van der Waals surface area contributed by atoms with E-state index in [4.69, 9.17) is 0 Å². The maximum absolute atomic E-state index is 12.4. The van der Waals surface area contributed by atoms with Crippen LogP contribution in [-0.4, -0.2) is 20.4 Å². The van der Waals surface area contributed by atoms with Gasteiger partial charge in [-0.3, -0.25) is 24.3 Å². The quantitative estimate of drug-likeness (QED) is 0.501. The number of nitro benzene ring substituents is 1. The van der Waals surface area contributed by atoms with E-state index in [1.165, 1.54) is 23.0 Å². The number of nitrogens with zero attached hydrogens (tertiary/aromatic N) is 3. The molecule has 0 saturated carbocycles. The van der Waals surface area contributed by atoms with Crippen molar-refractivity contribution in [1.82, 2.24) is 14.9 Å². The minimum atomic E-state index is -0.465. The molecule has 1 atom stereocenters. The monoisotopic (exact) mass is 380 g/mol. The number of hydrogen-bond donors (Lipinski definition) is 1. The fraction of sp³-hybridized carbons (Fsp3) is 0.250. The van der Waals surface area contributed by atoms with Gasteiger partial charge in [0, 0.05) is 25.1 Å². The molecule has 0 aliphatic carbocycles. The number of aromatic nitrogens is 2. The summed E-state index contributed by atoms with van der Waals surface area (Å²) in [6.07, 6.45) is 2.21. The molecule has 3 rings (SSSR count). The molecule has 0 aliphatic heterocycles. The van der Waals surface area contributed by atoms with Crippen LogP contribution in [0.5, 0.6) is 0 Å². The van der Waals surface area contributed by atoms with Crippen molar-refractivity contribution < 1.29 is 9.72 Å². The molecule has 28 heavy (non-hydrogen) atoms. The number of para-hydroxylation sites is 1. The van der Waals surface area contributed by atoms with E-state index in [0.29, 0.717) is 29.4 Å². The van der Waals surface area contributed by atoms with Crippen LogP contribution in [0, 0.1) is 10.1 Å². The number of carbonyl (C=O) groups excluding carboxylic acids is 1. The van der Waals surface area contributed by atoms with Gasteiger partial charge in [0.1, 0.15) is 0 Å². The second-order valence-corrected chi connectivity index (χ2v) is 6.51. The summed E-state index contributed by atoms with van der Waals surface area (Å²) in [4.78, 5) is 39.3. The Morgan fingerprint density at radius 1 is 1.25 bits per heavy atom. The molecule has 0 aliphatic rings. The molecule has 2 aromatic carbocycles. The first-order valence-electron chi connectivity index (χ1n) is 8.93. The van der Waals surface area contributed by atoms with E-state index in [1.807, 2.05) is 6.07 Å². The Labute approximate surface area is 161 Å². The molecule has 0 radical (unpaired) electrons. The number of amides is 1. The van der Waals surface area contributed by atoms with Gasteiger partial charge in [-0.15, -0.1) is 0 Å². The molecular weight excluding hydrogens is 360 g/mol. The first-order valence-corrected chi connectivity index (χ1v) is 8.93. The van der Waals surface area contributed by atoms with Crippen LogP contribution < -0.4 is 10.9 Å². The zero-order chi connectivity index (χ0) is 20.1. The second kappa shape index (κ2) is 8.43. The van der Waals surface area contributed by atoms with Crippen LogP contribution in [0.4, 0.5) is 5.69 Å². The summed E-state index contributed by atoms with van der Waals surface area (Å²) in [6.45, 7) is 2.16. The van der Waals surface area contributed by atoms with Crippen LogP contribution in [-0.2, 0) is 11.3 Å². The number of carbonyl (C=O) groups is 1. The van der Waals surface area contributed by atoms with Gasteiger partial charge < -0.3 is 5.32 Å². The number of nitro groups is 1. The first-order chi connectivity index (χ1) is 13.5. The van der Waals surface area contributed by atoms with Crippen molar-refractivity contribution in [2.45, 2.75) is 32.4 Å². The lowest BCUT2D eigenvalue weighted by Crippen LogP contribution is -2.27. The Balaban J connectivity index is 1.56. The van der Waals surface area contributed by atoms with Crippen molar-refractivity contribution in [3.05, 3.63) is 80.9 Å². The third-order valence-corrected chi connectivity index (χ3v) is 4.49. The lowest BCUT2D eigenvalue weighted by Gasteiger charge is -2.14. The molecule has 0 spiro atoms. The Kier molecular flexibility index (Phi) is 5.78. The number of nitrogens with one attached hydrogen (secondary N) is 1. The molecule has 1 amide bonds. The van der Waals surface area contributed by atoms with Crippen LogP contribution >= 0.6 is 0 Å². The van der Waals surface area contributed by atoms with Crippen molar-refractivity contribution in [2.75, 3.05) is 0 Å². The van der Waals surface area contributed by atoms with Crippen LogP contribution in [0.1, 0.15) is 31.4 Å². The van der Waals surface area contributed by atoms with Gasteiger partial charge in [0.15, 0.2) is 0 Å². The predicted molar refractivity (Wildman–Crippen MR) is 105 cm³/mol. The average Bonchev–Trinajstić information content (AvgIpc) is 2.70. The first kappa shape index (κ1) is 19.2. The van der Waals surface area contributed by atoms with Crippen LogP contribution in [0.25, 0.3) is 10.9 Å². The van der Waals surface area contributed by atoms with Crippen LogP contribution in [0.2, 0.25) is 0 Å². The summed E-state index contributed by atoms with van der Waals surface area (Å²) in [5.41, 5.74) is 1.17. The predicted octanol–water partition coefficient (Wildman–Crippen LogP) is 2.96. The molecule has 1 aromatic heterocycles. The normalized spacial score (nSPS) is 11.9. The van der Waals surface area contributed by atoms with Crippen molar-refractivity contribution in [3.63, 3.8) is 0 Å². The van der Waals surface area contributed by atoms with Crippen molar-refractivity contribution >= 4 is 22.5 Å². The molecular formula is C20H20N4O4. The van der Waals surface area contributed by atoms with E-state index < -0.39 is 4.92 Å². The van der Waals surface area contributed by atoms with Gasteiger partial charge in [0.2, 0.25) is 5.91 Å². The molecule has 0 unspecified atom stereocenters. The number of rotatable bonds is 7. The SMILES string of the molecule is C[C@H](NC(=O)CCCn1cnc2ccccc2c1=O)c1cccc([N+](=O)[O-])c1. The summed E-state index contributed by atoms with van der Waals surface area (Å²) < 4.78 is 1.50. The Bertz CT molecular complexity index is 1080. The molecule has 3 aromatic rings. The van der Waals surface area contributed by atoms with Crippen molar-refractivity contribution in [1.29, 1.82) is 0 Å². The fourth-order valence-corrected chi connectivity index (χ4v) is 2.98. The smallest absolute Gasteiger partial charge is 0.269 e. The highest BCUT2D eigenvalue weighted by atomic mass is 16.6. The molecule has 0 saturated heterocycles. The lowest BCUT2D eigenvalue weighted by atomic mass is 10.1. The summed E-state index contributed by atoms with van der Waals surface area (Å²) in [7, 11) is 0.